The van der Waals surface area contributed by atoms with Crippen LogP contribution >= 0.6 is 11.3 Å². The monoisotopic (exact) mass is 521 g/mol. The smallest absolute Gasteiger partial charge is 0.280 e. The molecule has 8 nitrogen and oxygen atoms in total. The molecule has 2 heterocycles. The van der Waals surface area contributed by atoms with E-state index < -0.39 is 0 Å². The maximum atomic E-state index is 12.7. The van der Waals surface area contributed by atoms with Crippen molar-refractivity contribution in [1.82, 2.24) is 15.3 Å². The third-order valence-electron chi connectivity index (χ3n) is 4.71. The number of nitrogens with zero attached hydrogens (tertiary/aromatic N) is 2. The van der Waals surface area contributed by atoms with Crippen molar-refractivity contribution in [3.8, 4) is 16.9 Å². The quantitative estimate of drug-likeness (QED) is 0.257. The molecule has 0 unspecified atom stereocenters. The van der Waals surface area contributed by atoms with Crippen molar-refractivity contribution in [2.75, 3.05) is 26.4 Å². The minimum absolute atomic E-state index is 0.210. The van der Waals surface area contributed by atoms with E-state index in [1.165, 1.54) is 17.5 Å². The van der Waals surface area contributed by atoms with Crippen LogP contribution in [0, 0.1) is 0 Å². The van der Waals surface area contributed by atoms with E-state index in [1.807, 2.05) is 68.4 Å². The molecular weight excluding hydrogens is 486 g/mol. The lowest BCUT2D eigenvalue weighted by Gasteiger charge is -2.10. The molecule has 9 heteroatoms. The third kappa shape index (κ3) is 9.30. The van der Waals surface area contributed by atoms with Crippen molar-refractivity contribution in [1.29, 1.82) is 0 Å². The number of fused-ring (bicyclic) bond motifs is 1. The highest BCUT2D eigenvalue weighted by Gasteiger charge is 2.17. The normalized spacial score (nSPS) is 9.92. The fourth-order valence-electron chi connectivity index (χ4n) is 3.17. The maximum absolute atomic E-state index is 12.7. The highest BCUT2D eigenvalue weighted by atomic mass is 32.1. The van der Waals surface area contributed by atoms with Crippen molar-refractivity contribution in [3.05, 3.63) is 90.3 Å². The van der Waals surface area contributed by atoms with Gasteiger partial charge in [-0.25, -0.2) is 4.98 Å². The molecule has 5 N–H and O–H groups in total. The molecule has 0 aliphatic rings. The van der Waals surface area contributed by atoms with E-state index in [-0.39, 0.29) is 5.91 Å². The number of aromatic nitrogens is 2. The first kappa shape index (κ1) is 29.4. The lowest BCUT2D eigenvalue weighted by atomic mass is 10.1. The molecule has 0 spiro atoms. The van der Waals surface area contributed by atoms with E-state index in [9.17, 15) is 4.79 Å². The molecule has 196 valence electrons. The Morgan fingerprint density at radius 1 is 1.05 bits per heavy atom. The van der Waals surface area contributed by atoms with Crippen molar-refractivity contribution in [2.24, 2.45) is 11.5 Å². The summed E-state index contributed by atoms with van der Waals surface area (Å²) in [6.45, 7) is 9.32. The van der Waals surface area contributed by atoms with Gasteiger partial charge in [0.15, 0.2) is 5.01 Å². The van der Waals surface area contributed by atoms with Gasteiger partial charge in [-0.3, -0.25) is 9.78 Å². The fourth-order valence-corrected chi connectivity index (χ4v) is 4.11. The zero-order valence-corrected chi connectivity index (χ0v) is 22.2. The molecule has 2 aromatic heterocycles. The van der Waals surface area contributed by atoms with Crippen molar-refractivity contribution >= 4 is 27.5 Å². The Morgan fingerprint density at radius 2 is 1.76 bits per heavy atom. The second-order valence-corrected chi connectivity index (χ2v) is 8.26. The summed E-state index contributed by atoms with van der Waals surface area (Å²) < 4.78 is 12.3. The predicted molar refractivity (Wildman–Crippen MR) is 152 cm³/mol. The maximum Gasteiger partial charge on any atom is 0.280 e. The molecule has 0 aliphatic heterocycles. The van der Waals surface area contributed by atoms with Gasteiger partial charge in [-0.15, -0.1) is 11.3 Å². The molecule has 0 radical (unpaired) electrons. The molecule has 0 fully saturated rings. The summed E-state index contributed by atoms with van der Waals surface area (Å²) in [5.41, 5.74) is 13.7. The van der Waals surface area contributed by atoms with Gasteiger partial charge >= 0.3 is 0 Å². The zero-order chi connectivity index (χ0) is 26.9. The minimum Gasteiger partial charge on any atom is -0.489 e. The molecule has 0 aliphatic carbocycles. The number of nitrogens with one attached hydrogen (secondary N) is 1. The van der Waals surface area contributed by atoms with Crippen LogP contribution in [0.2, 0.25) is 0 Å². The number of thiazole rings is 1. The summed E-state index contributed by atoms with van der Waals surface area (Å²) in [5.74, 6) is 0.404. The van der Waals surface area contributed by atoms with Gasteiger partial charge in [0.2, 0.25) is 0 Å². The number of carbonyl (C=O) groups is 1. The summed E-state index contributed by atoms with van der Waals surface area (Å²) in [6, 6.07) is 17.6. The Labute approximate surface area is 222 Å². The number of nitrogens with two attached hydrogens (primary N) is 2. The highest BCUT2D eigenvalue weighted by molar-refractivity contribution is 7.20. The Bertz CT molecular complexity index is 1220. The minimum atomic E-state index is -0.210. The molecular formula is C28H35N5O3S. The summed E-state index contributed by atoms with van der Waals surface area (Å²) in [5, 5.41) is 3.33. The van der Waals surface area contributed by atoms with E-state index in [0.717, 1.165) is 21.4 Å². The van der Waals surface area contributed by atoms with Crippen molar-refractivity contribution < 1.29 is 14.3 Å². The van der Waals surface area contributed by atoms with E-state index in [2.05, 4.69) is 27.6 Å². The second kappa shape index (κ2) is 16.8. The first-order chi connectivity index (χ1) is 18.2. The average molecular weight is 522 g/mol. The summed E-state index contributed by atoms with van der Waals surface area (Å²) >= 11 is 1.34. The average Bonchev–Trinajstić information content (AvgIpc) is 3.39. The van der Waals surface area contributed by atoms with Crippen LogP contribution in [0.25, 0.3) is 21.3 Å². The van der Waals surface area contributed by atoms with Crippen LogP contribution in [0.5, 0.6) is 5.75 Å². The van der Waals surface area contributed by atoms with Gasteiger partial charge in [0.25, 0.3) is 5.91 Å². The van der Waals surface area contributed by atoms with Crippen molar-refractivity contribution in [2.45, 2.75) is 20.4 Å². The molecule has 0 atom stereocenters. The van der Waals surface area contributed by atoms with Crippen LogP contribution in [-0.4, -0.2) is 42.2 Å². The lowest BCUT2D eigenvalue weighted by molar-refractivity contribution is 0.0950. The summed E-state index contributed by atoms with van der Waals surface area (Å²) in [7, 11) is 0. The number of ether oxygens (including phenoxy) is 2. The van der Waals surface area contributed by atoms with Gasteiger partial charge < -0.3 is 26.3 Å². The van der Waals surface area contributed by atoms with E-state index in [4.69, 9.17) is 15.2 Å². The molecule has 4 rings (SSSR count). The van der Waals surface area contributed by atoms with Crippen LogP contribution in [0.15, 0.2) is 79.8 Å². The number of hydrogen-bond acceptors (Lipinski definition) is 8. The first-order valence-electron chi connectivity index (χ1n) is 12.1. The van der Waals surface area contributed by atoms with Crippen molar-refractivity contribution in [3.63, 3.8) is 0 Å². The van der Waals surface area contributed by atoms with Gasteiger partial charge in [0, 0.05) is 25.5 Å². The molecule has 0 bridgehead atoms. The molecule has 1 amide bonds. The number of rotatable bonds is 10. The van der Waals surface area contributed by atoms with Gasteiger partial charge in [0.05, 0.1) is 17.9 Å². The van der Waals surface area contributed by atoms with E-state index >= 15 is 0 Å². The van der Waals surface area contributed by atoms with Crippen LogP contribution in [0.4, 0.5) is 0 Å². The summed E-state index contributed by atoms with van der Waals surface area (Å²) in [6.07, 6.45) is 4.74. The van der Waals surface area contributed by atoms with Crippen LogP contribution in [0.3, 0.4) is 0 Å². The molecule has 37 heavy (non-hydrogen) atoms. The number of pyridine rings is 1. The Morgan fingerprint density at radius 3 is 2.43 bits per heavy atom. The molecule has 0 saturated heterocycles. The third-order valence-corrected chi connectivity index (χ3v) is 5.71. The van der Waals surface area contributed by atoms with Gasteiger partial charge in [-0.2, -0.15) is 0 Å². The molecule has 4 aromatic rings. The van der Waals surface area contributed by atoms with Crippen LogP contribution in [-0.2, 0) is 11.3 Å². The topological polar surface area (TPSA) is 125 Å². The lowest BCUT2D eigenvalue weighted by Crippen LogP contribution is -2.22. The van der Waals surface area contributed by atoms with E-state index in [1.54, 1.807) is 12.4 Å². The largest absolute Gasteiger partial charge is 0.489 e. The van der Waals surface area contributed by atoms with Gasteiger partial charge in [-0.1, -0.05) is 50.8 Å². The highest BCUT2D eigenvalue weighted by Crippen LogP contribution is 2.35. The second-order valence-electron chi connectivity index (χ2n) is 7.23. The first-order valence-corrected chi connectivity index (χ1v) is 12.9. The van der Waals surface area contributed by atoms with Gasteiger partial charge in [-0.05, 0) is 47.2 Å². The molecule has 2 aromatic carbocycles. The summed E-state index contributed by atoms with van der Waals surface area (Å²) in [4.78, 5) is 21.4. The fraction of sp³-hybridized carbons (Fsp3) is 0.250. The van der Waals surface area contributed by atoms with E-state index in [0.29, 0.717) is 49.2 Å². The number of carbonyl (C=O) groups excluding carboxylic acids is 1. The SMILES string of the molecule is C=CN.CC.NCCOCCOc1cc(-c2ccncc2)cc2sc(C(=O)NCc3ccccc3)nc12. The number of hydrogen-bond donors (Lipinski definition) is 3. The van der Waals surface area contributed by atoms with Crippen LogP contribution in [0.1, 0.15) is 29.2 Å². The Hall–Kier alpha value is -3.79. The number of amides is 1. The zero-order valence-electron chi connectivity index (χ0n) is 21.4. The standard InChI is InChI=1S/C24H24N4O3S.C2H5N.C2H6/c25-8-11-30-12-13-31-20-14-19(18-6-9-26-10-7-18)15-21-22(20)28-24(32-21)23(29)27-16-17-4-2-1-3-5-17;1-2-3;1-2/h1-7,9-10,14-15H,8,11-13,16,25H2,(H,27,29);2H,1,3H2;1-2H3. The van der Waals surface area contributed by atoms with Crippen LogP contribution < -0.4 is 21.5 Å². The van der Waals surface area contributed by atoms with Gasteiger partial charge in [0.1, 0.15) is 17.9 Å². The number of benzene rings is 2. The Balaban J connectivity index is 0.000000898. The predicted octanol–water partition coefficient (Wildman–Crippen LogP) is 4.76. The molecule has 0 saturated carbocycles. The Kier molecular flexibility index (Phi) is 13.4.